The van der Waals surface area contributed by atoms with Crippen LogP contribution in [0.5, 0.6) is 0 Å². The van der Waals surface area contributed by atoms with E-state index in [9.17, 15) is 10.2 Å². The number of halogens is 1. The van der Waals surface area contributed by atoms with E-state index in [1.807, 2.05) is 13.8 Å². The van der Waals surface area contributed by atoms with Crippen molar-refractivity contribution >= 4 is 17.4 Å². The monoisotopic (exact) mass is 299 g/mol. The normalized spacial score (nSPS) is 25.9. The van der Waals surface area contributed by atoms with Crippen molar-refractivity contribution in [1.29, 1.82) is 0 Å². The number of rotatable bonds is 5. The van der Waals surface area contributed by atoms with Gasteiger partial charge in [-0.25, -0.2) is 9.97 Å². The lowest BCUT2D eigenvalue weighted by Crippen LogP contribution is -2.41. The topological polar surface area (TPSA) is 69.5 Å². The molecule has 1 saturated carbocycles. The van der Waals surface area contributed by atoms with E-state index in [2.05, 4.69) is 14.9 Å². The van der Waals surface area contributed by atoms with Crippen LogP contribution < -0.4 is 4.90 Å². The van der Waals surface area contributed by atoms with Crippen molar-refractivity contribution in [2.75, 3.05) is 18.1 Å². The van der Waals surface area contributed by atoms with E-state index in [0.717, 1.165) is 30.8 Å². The first-order valence-corrected chi connectivity index (χ1v) is 7.55. The Morgan fingerprint density at radius 2 is 2.10 bits per heavy atom. The van der Waals surface area contributed by atoms with Gasteiger partial charge in [-0.3, -0.25) is 0 Å². The highest BCUT2D eigenvalue weighted by Crippen LogP contribution is 2.34. The Morgan fingerprint density at radius 3 is 2.65 bits per heavy atom. The van der Waals surface area contributed by atoms with Crippen LogP contribution in [0.2, 0.25) is 5.15 Å². The number of hydrogen-bond acceptors (Lipinski definition) is 5. The van der Waals surface area contributed by atoms with Gasteiger partial charge in [0.25, 0.3) is 0 Å². The summed E-state index contributed by atoms with van der Waals surface area (Å²) in [6, 6.07) is -0.0200. The Hall–Kier alpha value is -0.910. The zero-order valence-electron chi connectivity index (χ0n) is 12.0. The molecule has 3 atom stereocenters. The quantitative estimate of drug-likeness (QED) is 0.809. The number of aromatic nitrogens is 2. The Balaban J connectivity index is 2.31. The average Bonchev–Trinajstić information content (AvgIpc) is 2.81. The zero-order valence-corrected chi connectivity index (χ0v) is 12.7. The Labute approximate surface area is 124 Å². The zero-order chi connectivity index (χ0) is 14.7. The van der Waals surface area contributed by atoms with Crippen LogP contribution in [-0.2, 0) is 6.42 Å². The van der Waals surface area contributed by atoms with Crippen molar-refractivity contribution in [3.63, 3.8) is 0 Å². The molecule has 1 heterocycles. The van der Waals surface area contributed by atoms with Gasteiger partial charge in [-0.1, -0.05) is 18.5 Å². The van der Waals surface area contributed by atoms with Gasteiger partial charge in [-0.05, 0) is 32.1 Å². The molecule has 112 valence electrons. The van der Waals surface area contributed by atoms with Crippen LogP contribution in [0.4, 0.5) is 5.82 Å². The summed E-state index contributed by atoms with van der Waals surface area (Å²) in [5.41, 5.74) is 0.913. The number of aliphatic hydroxyl groups is 2. The first kappa shape index (κ1) is 15.5. The van der Waals surface area contributed by atoms with Gasteiger partial charge in [0.15, 0.2) is 0 Å². The Bertz CT molecular complexity index is 458. The number of anilines is 1. The van der Waals surface area contributed by atoms with Gasteiger partial charge in [-0.15, -0.1) is 0 Å². The molecule has 1 fully saturated rings. The molecule has 2 rings (SSSR count). The molecule has 0 aromatic carbocycles. The number of hydrogen-bond donors (Lipinski definition) is 2. The first-order valence-electron chi connectivity index (χ1n) is 7.17. The molecule has 0 radical (unpaired) electrons. The van der Waals surface area contributed by atoms with E-state index in [1.54, 1.807) is 0 Å². The molecule has 1 aliphatic carbocycles. The van der Waals surface area contributed by atoms with Crippen LogP contribution in [-0.4, -0.2) is 45.5 Å². The smallest absolute Gasteiger partial charge is 0.137 e. The van der Waals surface area contributed by atoms with Crippen LogP contribution in [0, 0.1) is 5.92 Å². The fourth-order valence-corrected chi connectivity index (χ4v) is 3.31. The molecule has 6 heteroatoms. The third-order valence-electron chi connectivity index (χ3n) is 4.09. The maximum Gasteiger partial charge on any atom is 0.137 e. The number of likely N-dealkylation sites (N-methyl/N-ethyl adjacent to an activating group) is 1. The fraction of sp³-hybridized carbons (Fsp3) is 0.714. The van der Waals surface area contributed by atoms with E-state index in [1.165, 1.54) is 6.33 Å². The molecule has 1 aromatic rings. The summed E-state index contributed by atoms with van der Waals surface area (Å²) in [5, 5.41) is 20.0. The van der Waals surface area contributed by atoms with E-state index in [4.69, 9.17) is 11.6 Å². The summed E-state index contributed by atoms with van der Waals surface area (Å²) in [6.07, 6.45) is 3.18. The maximum absolute atomic E-state index is 10.3. The highest BCUT2D eigenvalue weighted by molar-refractivity contribution is 6.30. The van der Waals surface area contributed by atoms with Gasteiger partial charge in [0.05, 0.1) is 12.1 Å². The van der Waals surface area contributed by atoms with Gasteiger partial charge in [0, 0.05) is 18.7 Å². The highest BCUT2D eigenvalue weighted by atomic mass is 35.5. The van der Waals surface area contributed by atoms with Crippen LogP contribution in [0.25, 0.3) is 0 Å². The second-order valence-electron chi connectivity index (χ2n) is 5.26. The minimum atomic E-state index is -0.439. The van der Waals surface area contributed by atoms with Gasteiger partial charge in [0.2, 0.25) is 0 Å². The van der Waals surface area contributed by atoms with Crippen LogP contribution >= 0.6 is 11.6 Å². The van der Waals surface area contributed by atoms with Gasteiger partial charge in [0.1, 0.15) is 17.3 Å². The van der Waals surface area contributed by atoms with Crippen molar-refractivity contribution in [2.24, 2.45) is 5.92 Å². The first-order chi connectivity index (χ1) is 9.62. The van der Waals surface area contributed by atoms with Gasteiger partial charge >= 0.3 is 0 Å². The van der Waals surface area contributed by atoms with Crippen LogP contribution in [0.1, 0.15) is 32.3 Å². The number of nitrogens with zero attached hydrogens (tertiary/aromatic N) is 3. The lowest BCUT2D eigenvalue weighted by molar-refractivity contribution is 0.150. The van der Waals surface area contributed by atoms with Crippen molar-refractivity contribution in [3.8, 4) is 0 Å². The highest BCUT2D eigenvalue weighted by Gasteiger charge is 2.37. The molecule has 0 amide bonds. The van der Waals surface area contributed by atoms with Gasteiger partial charge < -0.3 is 15.1 Å². The summed E-state index contributed by atoms with van der Waals surface area (Å²) >= 11 is 6.15. The van der Waals surface area contributed by atoms with Crippen molar-refractivity contribution < 1.29 is 10.2 Å². The lowest BCUT2D eigenvalue weighted by Gasteiger charge is -2.32. The van der Waals surface area contributed by atoms with E-state index in [0.29, 0.717) is 11.6 Å². The Morgan fingerprint density at radius 1 is 1.35 bits per heavy atom. The van der Waals surface area contributed by atoms with E-state index < -0.39 is 6.10 Å². The van der Waals surface area contributed by atoms with Gasteiger partial charge in [-0.2, -0.15) is 0 Å². The lowest BCUT2D eigenvalue weighted by atomic mass is 10.1. The molecule has 0 bridgehead atoms. The number of aliphatic hydroxyl groups excluding tert-OH is 2. The van der Waals surface area contributed by atoms with Crippen molar-refractivity contribution in [3.05, 3.63) is 17.0 Å². The third-order valence-corrected chi connectivity index (χ3v) is 4.41. The Kier molecular flexibility index (Phi) is 5.18. The maximum atomic E-state index is 10.3. The van der Waals surface area contributed by atoms with Crippen molar-refractivity contribution in [2.45, 2.75) is 45.3 Å². The minimum absolute atomic E-state index is 0.0200. The molecule has 0 aliphatic heterocycles. The minimum Gasteiger partial charge on any atom is -0.396 e. The SMILES string of the molecule is CCc1c(Cl)ncnc1N(CC)[C@@H]1C[C@H](CO)C[C@@H]1O. The second kappa shape index (κ2) is 6.70. The second-order valence-corrected chi connectivity index (χ2v) is 5.62. The molecule has 5 nitrogen and oxygen atoms in total. The molecule has 0 saturated heterocycles. The average molecular weight is 300 g/mol. The molecule has 1 aliphatic rings. The van der Waals surface area contributed by atoms with E-state index >= 15 is 0 Å². The standard InChI is InChI=1S/C14H22ClN3O2/c1-3-10-13(15)16-8-17-14(10)18(4-2)11-5-9(7-19)6-12(11)20/h8-9,11-12,19-20H,3-7H2,1-2H3/t9-,11+,12-/m0/s1. The molecule has 0 spiro atoms. The fourth-order valence-electron chi connectivity index (χ4n) is 3.05. The summed E-state index contributed by atoms with van der Waals surface area (Å²) < 4.78 is 0. The molecular formula is C14H22ClN3O2. The van der Waals surface area contributed by atoms with E-state index in [-0.39, 0.29) is 18.6 Å². The van der Waals surface area contributed by atoms with Crippen molar-refractivity contribution in [1.82, 2.24) is 9.97 Å². The third kappa shape index (κ3) is 2.90. The molecular weight excluding hydrogens is 278 g/mol. The molecule has 20 heavy (non-hydrogen) atoms. The largest absolute Gasteiger partial charge is 0.396 e. The van der Waals surface area contributed by atoms with Crippen LogP contribution in [0.15, 0.2) is 6.33 Å². The molecule has 1 aromatic heterocycles. The summed E-state index contributed by atoms with van der Waals surface area (Å²) in [5.74, 6) is 0.962. The summed E-state index contributed by atoms with van der Waals surface area (Å²) in [4.78, 5) is 10.5. The molecule has 2 N–H and O–H groups in total. The molecule has 0 unspecified atom stereocenters. The summed E-state index contributed by atoms with van der Waals surface area (Å²) in [6.45, 7) is 4.91. The summed E-state index contributed by atoms with van der Waals surface area (Å²) in [7, 11) is 0. The van der Waals surface area contributed by atoms with Crippen LogP contribution in [0.3, 0.4) is 0 Å². The predicted octanol–water partition coefficient (Wildman–Crippen LogP) is 1.65. The predicted molar refractivity (Wildman–Crippen MR) is 79.0 cm³/mol.